The van der Waals surface area contributed by atoms with E-state index >= 15 is 0 Å². The number of hydrogen-bond acceptors (Lipinski definition) is 3. The summed E-state index contributed by atoms with van der Waals surface area (Å²) < 4.78 is 0. The van der Waals surface area contributed by atoms with E-state index in [0.717, 1.165) is 24.6 Å². The van der Waals surface area contributed by atoms with Gasteiger partial charge in [0, 0.05) is 24.3 Å². The number of aliphatic hydroxyl groups is 1. The summed E-state index contributed by atoms with van der Waals surface area (Å²) in [5, 5.41) is 10.2. The molecule has 1 aromatic rings. The molecule has 2 rings (SSSR count). The van der Waals surface area contributed by atoms with Crippen LogP contribution < -0.4 is 5.73 Å². The van der Waals surface area contributed by atoms with Crippen molar-refractivity contribution in [1.82, 2.24) is 4.90 Å². The van der Waals surface area contributed by atoms with Gasteiger partial charge in [0.05, 0.1) is 6.10 Å². The molecule has 1 aliphatic rings. The average Bonchev–Trinajstić information content (AvgIpc) is 2.77. The molecule has 0 spiro atoms. The maximum atomic E-state index is 10.2. The number of rotatable bonds is 4. The van der Waals surface area contributed by atoms with Gasteiger partial charge in [0.25, 0.3) is 0 Å². The average molecular weight is 234 g/mol. The molecule has 0 bridgehead atoms. The van der Waals surface area contributed by atoms with Crippen molar-refractivity contribution in [2.24, 2.45) is 5.92 Å². The monoisotopic (exact) mass is 234 g/mol. The summed E-state index contributed by atoms with van der Waals surface area (Å²) in [5.41, 5.74) is 7.41. The highest BCUT2D eigenvalue weighted by Crippen LogP contribution is 2.24. The van der Waals surface area contributed by atoms with Gasteiger partial charge in [0.2, 0.25) is 0 Å². The number of benzene rings is 1. The van der Waals surface area contributed by atoms with Crippen molar-refractivity contribution in [3.05, 3.63) is 29.8 Å². The van der Waals surface area contributed by atoms with Gasteiger partial charge in [-0.15, -0.1) is 0 Å². The number of likely N-dealkylation sites (tertiary alicyclic amines) is 1. The molecule has 1 aliphatic heterocycles. The molecule has 0 saturated carbocycles. The molecule has 94 valence electrons. The summed E-state index contributed by atoms with van der Waals surface area (Å²) in [5.74, 6) is 0.801. The van der Waals surface area contributed by atoms with Crippen LogP contribution in [0.25, 0.3) is 0 Å². The Balaban J connectivity index is 1.94. The van der Waals surface area contributed by atoms with Gasteiger partial charge in [0.15, 0.2) is 0 Å². The fourth-order valence-corrected chi connectivity index (χ4v) is 2.57. The van der Waals surface area contributed by atoms with E-state index in [9.17, 15) is 5.11 Å². The summed E-state index contributed by atoms with van der Waals surface area (Å²) >= 11 is 0. The molecule has 0 amide bonds. The van der Waals surface area contributed by atoms with Crippen molar-refractivity contribution >= 4 is 5.69 Å². The van der Waals surface area contributed by atoms with E-state index in [1.165, 1.54) is 12.8 Å². The molecule has 1 heterocycles. The highest BCUT2D eigenvalue weighted by Gasteiger charge is 2.23. The number of nitrogens with two attached hydrogens (primary N) is 1. The lowest BCUT2D eigenvalue weighted by Crippen LogP contribution is -2.26. The molecule has 3 nitrogen and oxygen atoms in total. The molecule has 2 atom stereocenters. The second-order valence-electron chi connectivity index (χ2n) is 4.97. The SMILES string of the molecule is CCC1CCN(CC(O)c2ccccc2N)C1. The minimum Gasteiger partial charge on any atom is -0.398 e. The fourth-order valence-electron chi connectivity index (χ4n) is 2.57. The third-order valence-electron chi connectivity index (χ3n) is 3.73. The molecule has 1 saturated heterocycles. The number of hydrogen-bond donors (Lipinski definition) is 2. The van der Waals surface area contributed by atoms with E-state index in [1.807, 2.05) is 24.3 Å². The number of aliphatic hydroxyl groups excluding tert-OH is 1. The van der Waals surface area contributed by atoms with Gasteiger partial charge in [-0.25, -0.2) is 0 Å². The van der Waals surface area contributed by atoms with Gasteiger partial charge in [-0.3, -0.25) is 0 Å². The Kier molecular flexibility index (Phi) is 4.02. The lowest BCUT2D eigenvalue weighted by Gasteiger charge is -2.21. The zero-order valence-electron chi connectivity index (χ0n) is 10.5. The lowest BCUT2D eigenvalue weighted by atomic mass is 10.1. The lowest BCUT2D eigenvalue weighted by molar-refractivity contribution is 0.124. The zero-order chi connectivity index (χ0) is 12.3. The summed E-state index contributed by atoms with van der Waals surface area (Å²) in [6.45, 7) is 5.15. The summed E-state index contributed by atoms with van der Waals surface area (Å²) in [7, 11) is 0. The molecule has 1 fully saturated rings. The van der Waals surface area contributed by atoms with Crippen molar-refractivity contribution < 1.29 is 5.11 Å². The number of β-amino-alcohol motifs (C(OH)–C–C–N with tert-alkyl or cyclic N) is 1. The predicted octanol–water partition coefficient (Wildman–Crippen LogP) is 2.03. The van der Waals surface area contributed by atoms with Crippen LogP contribution in [-0.4, -0.2) is 29.6 Å². The highest BCUT2D eigenvalue weighted by atomic mass is 16.3. The highest BCUT2D eigenvalue weighted by molar-refractivity contribution is 5.47. The molecule has 2 unspecified atom stereocenters. The normalized spacial score (nSPS) is 22.8. The standard InChI is InChI=1S/C14H22N2O/c1-2-11-7-8-16(9-11)10-14(17)12-5-3-4-6-13(12)15/h3-6,11,14,17H,2,7-10,15H2,1H3. The summed E-state index contributed by atoms with van der Waals surface area (Å²) in [4.78, 5) is 2.34. The largest absolute Gasteiger partial charge is 0.398 e. The molecule has 3 heteroatoms. The van der Waals surface area contributed by atoms with Gasteiger partial charge < -0.3 is 15.7 Å². The Morgan fingerprint density at radius 3 is 2.88 bits per heavy atom. The van der Waals surface area contributed by atoms with Crippen LogP contribution in [0.1, 0.15) is 31.4 Å². The molecular weight excluding hydrogens is 212 g/mol. The minimum atomic E-state index is -0.466. The maximum absolute atomic E-state index is 10.2. The van der Waals surface area contributed by atoms with Crippen molar-refractivity contribution in [2.45, 2.75) is 25.9 Å². The molecular formula is C14H22N2O. The summed E-state index contributed by atoms with van der Waals surface area (Å²) in [6, 6.07) is 7.58. The number of nitrogens with zero attached hydrogens (tertiary/aromatic N) is 1. The maximum Gasteiger partial charge on any atom is 0.0936 e. The van der Waals surface area contributed by atoms with Gasteiger partial charge in [-0.2, -0.15) is 0 Å². The van der Waals surface area contributed by atoms with E-state index in [-0.39, 0.29) is 0 Å². The second-order valence-corrected chi connectivity index (χ2v) is 4.97. The van der Waals surface area contributed by atoms with Gasteiger partial charge in [-0.05, 0) is 24.9 Å². The first kappa shape index (κ1) is 12.4. The van der Waals surface area contributed by atoms with Crippen molar-refractivity contribution in [2.75, 3.05) is 25.4 Å². The van der Waals surface area contributed by atoms with E-state index in [4.69, 9.17) is 5.73 Å². The molecule has 1 aromatic carbocycles. The van der Waals surface area contributed by atoms with E-state index in [1.54, 1.807) is 0 Å². The van der Waals surface area contributed by atoms with Crippen LogP contribution in [0.4, 0.5) is 5.69 Å². The van der Waals surface area contributed by atoms with Crippen LogP contribution in [0.3, 0.4) is 0 Å². The Bertz CT molecular complexity index is 367. The van der Waals surface area contributed by atoms with Crippen LogP contribution in [-0.2, 0) is 0 Å². The Hall–Kier alpha value is -1.06. The van der Waals surface area contributed by atoms with Gasteiger partial charge >= 0.3 is 0 Å². The molecule has 0 aromatic heterocycles. The first-order chi connectivity index (χ1) is 8.20. The van der Waals surface area contributed by atoms with E-state index < -0.39 is 6.10 Å². The minimum absolute atomic E-state index is 0.466. The van der Waals surface area contributed by atoms with Crippen LogP contribution in [0.2, 0.25) is 0 Å². The van der Waals surface area contributed by atoms with Crippen LogP contribution in [0.15, 0.2) is 24.3 Å². The van der Waals surface area contributed by atoms with Crippen molar-refractivity contribution in [3.8, 4) is 0 Å². The van der Waals surface area contributed by atoms with Crippen molar-refractivity contribution in [3.63, 3.8) is 0 Å². The van der Waals surface area contributed by atoms with Crippen LogP contribution >= 0.6 is 0 Å². The Morgan fingerprint density at radius 2 is 2.24 bits per heavy atom. The van der Waals surface area contributed by atoms with Crippen LogP contribution in [0.5, 0.6) is 0 Å². The third-order valence-corrected chi connectivity index (χ3v) is 3.73. The number of nitrogen functional groups attached to an aromatic ring is 1. The van der Waals surface area contributed by atoms with Gasteiger partial charge in [-0.1, -0.05) is 31.5 Å². The first-order valence-electron chi connectivity index (χ1n) is 6.45. The Labute approximate surface area is 103 Å². The number of anilines is 1. The third kappa shape index (κ3) is 2.99. The molecule has 17 heavy (non-hydrogen) atoms. The predicted molar refractivity (Wildman–Crippen MR) is 70.7 cm³/mol. The van der Waals surface area contributed by atoms with Gasteiger partial charge in [0.1, 0.15) is 0 Å². The Morgan fingerprint density at radius 1 is 1.47 bits per heavy atom. The fraction of sp³-hybridized carbons (Fsp3) is 0.571. The quantitative estimate of drug-likeness (QED) is 0.784. The first-order valence-corrected chi connectivity index (χ1v) is 6.45. The van der Waals surface area contributed by atoms with E-state index in [2.05, 4.69) is 11.8 Å². The molecule has 0 aliphatic carbocycles. The molecule has 3 N–H and O–H groups in total. The van der Waals surface area contributed by atoms with Crippen LogP contribution in [0, 0.1) is 5.92 Å². The number of para-hydroxylation sites is 1. The van der Waals surface area contributed by atoms with E-state index in [0.29, 0.717) is 12.2 Å². The smallest absolute Gasteiger partial charge is 0.0936 e. The topological polar surface area (TPSA) is 49.5 Å². The molecule has 0 radical (unpaired) electrons. The van der Waals surface area contributed by atoms with Crippen molar-refractivity contribution in [1.29, 1.82) is 0 Å². The zero-order valence-corrected chi connectivity index (χ0v) is 10.5. The second kappa shape index (κ2) is 5.52. The summed E-state index contributed by atoms with van der Waals surface area (Å²) in [6.07, 6.45) is 2.03.